The van der Waals surface area contributed by atoms with Crippen LogP contribution in [0.25, 0.3) is 10.9 Å². The van der Waals surface area contributed by atoms with Crippen molar-refractivity contribution < 1.29 is 72.9 Å². The molecular weight excluding hydrogens is 1040 g/mol. The van der Waals surface area contributed by atoms with Gasteiger partial charge in [-0.15, -0.1) is 0 Å². The second-order valence-electron chi connectivity index (χ2n) is 19.3. The number of fused-ring (bicyclic) bond motifs is 1. The lowest BCUT2D eigenvalue weighted by molar-refractivity contribution is -0.144. The molecular formula is C53H68N12O15. The van der Waals surface area contributed by atoms with Crippen LogP contribution in [0.4, 0.5) is 0 Å². The predicted octanol–water partition coefficient (Wildman–Crippen LogP) is -3.23. The van der Waals surface area contributed by atoms with Crippen molar-refractivity contribution in [1.82, 2.24) is 47.5 Å². The van der Waals surface area contributed by atoms with Gasteiger partial charge < -0.3 is 80.0 Å². The summed E-state index contributed by atoms with van der Waals surface area (Å²) in [4.78, 5) is 162. The van der Waals surface area contributed by atoms with E-state index in [4.69, 9.17) is 17.2 Å². The SMILES string of the molecule is CC(C)C[C@H](NC(=O)[C@H](CC(=O)O)NC(=O)[C@H](Cc1ccccc1)NC(=O)[C@H](CC(N)=O)NC(=O)[C@H](Cc1c[nH]c2ccccc12)NC(=O)[C@H](Cc1ccccc1)NC(=O)[C@H](CO)NC(=O)[C@H](CC(N)=O)NC(=O)[C@H](C)N)C(=O)O. The lowest BCUT2D eigenvalue weighted by atomic mass is 10.0. The Morgan fingerprint density at radius 1 is 0.463 bits per heavy atom. The van der Waals surface area contributed by atoms with E-state index in [0.717, 1.165) is 0 Å². The molecule has 0 saturated heterocycles. The maximum absolute atomic E-state index is 14.7. The first-order valence-electron chi connectivity index (χ1n) is 25.3. The molecule has 0 aliphatic carbocycles. The lowest BCUT2D eigenvalue weighted by Crippen LogP contribution is -2.61. The van der Waals surface area contributed by atoms with Crippen LogP contribution in [0.2, 0.25) is 0 Å². The van der Waals surface area contributed by atoms with Crippen LogP contribution in [-0.4, -0.2) is 152 Å². The first kappa shape index (κ1) is 63.3. The highest BCUT2D eigenvalue weighted by atomic mass is 16.4. The van der Waals surface area contributed by atoms with Crippen LogP contribution in [-0.2, 0) is 76.8 Å². The van der Waals surface area contributed by atoms with E-state index in [1.807, 2.05) is 0 Å². The van der Waals surface area contributed by atoms with E-state index in [1.165, 1.54) is 6.92 Å². The summed E-state index contributed by atoms with van der Waals surface area (Å²) in [6.45, 7) is 3.63. The molecule has 0 radical (unpaired) electrons. The van der Waals surface area contributed by atoms with Crippen molar-refractivity contribution in [1.29, 1.82) is 0 Å². The van der Waals surface area contributed by atoms with Gasteiger partial charge in [0, 0.05) is 36.4 Å². The number of aromatic amines is 1. The molecule has 27 heteroatoms. The van der Waals surface area contributed by atoms with E-state index < -0.39 is 151 Å². The number of nitrogens with two attached hydrogens (primary N) is 3. The van der Waals surface area contributed by atoms with Crippen molar-refractivity contribution in [3.8, 4) is 0 Å². The van der Waals surface area contributed by atoms with Crippen molar-refractivity contribution in [2.24, 2.45) is 23.1 Å². The van der Waals surface area contributed by atoms with Crippen LogP contribution in [0.1, 0.15) is 63.1 Å². The van der Waals surface area contributed by atoms with Crippen LogP contribution in [0.5, 0.6) is 0 Å². The molecule has 3 aromatic carbocycles. The van der Waals surface area contributed by atoms with Crippen LogP contribution in [0.3, 0.4) is 0 Å². The van der Waals surface area contributed by atoms with Crippen LogP contribution in [0.15, 0.2) is 91.1 Å². The van der Waals surface area contributed by atoms with E-state index in [0.29, 0.717) is 27.6 Å². The minimum absolute atomic E-state index is 0.0421. The number of hydrogen-bond acceptors (Lipinski definition) is 14. The van der Waals surface area contributed by atoms with Crippen LogP contribution >= 0.6 is 0 Å². The van der Waals surface area contributed by atoms with E-state index in [2.05, 4.69) is 47.5 Å². The minimum atomic E-state index is -1.89. The second-order valence-corrected chi connectivity index (χ2v) is 19.3. The third kappa shape index (κ3) is 20.3. The molecule has 0 aliphatic heterocycles. The second kappa shape index (κ2) is 30.6. The summed E-state index contributed by atoms with van der Waals surface area (Å²) in [6, 6.07) is 8.50. The number of aliphatic hydroxyl groups excluding tert-OH is 1. The monoisotopic (exact) mass is 1110 g/mol. The number of carbonyl (C=O) groups excluding carboxylic acids is 10. The maximum atomic E-state index is 14.7. The molecule has 27 nitrogen and oxygen atoms in total. The third-order valence-corrected chi connectivity index (χ3v) is 12.2. The quantitative estimate of drug-likeness (QED) is 0.0229. The summed E-state index contributed by atoms with van der Waals surface area (Å²) >= 11 is 0. The summed E-state index contributed by atoms with van der Waals surface area (Å²) in [5.74, 6) is -14.0. The molecule has 9 atom stereocenters. The van der Waals surface area contributed by atoms with E-state index in [-0.39, 0.29) is 31.6 Å². The number of nitrogens with one attached hydrogen (secondary N) is 9. The molecule has 80 heavy (non-hydrogen) atoms. The third-order valence-electron chi connectivity index (χ3n) is 12.2. The Hall–Kier alpha value is -9.24. The Balaban J connectivity index is 1.69. The minimum Gasteiger partial charge on any atom is -0.481 e. The fraction of sp³-hybridized carbons (Fsp3) is 0.396. The standard InChI is InChI=1S/C53H68N12O15/c1-27(2)18-40(53(79)80)64-51(77)39(24-44(69)70)63-47(73)34(19-29-12-6-4-7-13-29)59-49(75)38(23-43(56)68)62-48(74)36(21-31-25-57-33-17-11-10-16-32(31)33)61-46(72)35(20-30-14-8-5-9-15-30)60-52(78)41(26-66)65-50(76)37(22-42(55)67)58-45(71)28(3)54/h4-17,25,27-28,34-41,57,66H,18-24,26,54H2,1-3H3,(H2,55,67)(H2,56,68)(H,58,71)(H,59,75)(H,60,78)(H,61,72)(H,62,74)(H,63,73)(H,64,77)(H,65,76)(H,69,70)(H,79,80)/t28-,34-,35-,36-,37-,38-,39-,40-,41-/m0/s1. The van der Waals surface area contributed by atoms with Crippen LogP contribution < -0.4 is 59.7 Å². The van der Waals surface area contributed by atoms with Crippen molar-refractivity contribution in [3.63, 3.8) is 0 Å². The number of para-hydroxylation sites is 1. The number of hydrogen-bond donors (Lipinski definition) is 15. The van der Waals surface area contributed by atoms with Gasteiger partial charge in [0.15, 0.2) is 0 Å². The molecule has 18 N–H and O–H groups in total. The zero-order valence-electron chi connectivity index (χ0n) is 44.1. The Kier molecular flexibility index (Phi) is 24.2. The summed E-state index contributed by atoms with van der Waals surface area (Å²) in [5, 5.41) is 49.3. The molecule has 0 aliphatic rings. The number of carboxylic acid groups (broad SMARTS) is 2. The first-order chi connectivity index (χ1) is 37.8. The number of primary amides is 2. The van der Waals surface area contributed by atoms with Gasteiger partial charge in [0.05, 0.1) is 31.9 Å². The molecule has 0 fully saturated rings. The van der Waals surface area contributed by atoms with Crippen molar-refractivity contribution in [2.45, 2.75) is 120 Å². The van der Waals surface area contributed by atoms with E-state index in [9.17, 15) is 72.9 Å². The average Bonchev–Trinajstić information content (AvgIpc) is 3.81. The number of rotatable bonds is 32. The summed E-state index contributed by atoms with van der Waals surface area (Å²) in [5.41, 5.74) is 18.5. The predicted molar refractivity (Wildman–Crippen MR) is 285 cm³/mol. The lowest BCUT2D eigenvalue weighted by Gasteiger charge is -2.28. The summed E-state index contributed by atoms with van der Waals surface area (Å²) in [7, 11) is 0. The molecule has 4 rings (SSSR count). The largest absolute Gasteiger partial charge is 0.481 e. The molecule has 1 aromatic heterocycles. The Labute approximate surface area is 458 Å². The van der Waals surface area contributed by atoms with Gasteiger partial charge in [0.2, 0.25) is 59.1 Å². The zero-order chi connectivity index (χ0) is 59.2. The molecule has 0 unspecified atom stereocenters. The molecule has 0 saturated carbocycles. The molecule has 10 amide bonds. The maximum Gasteiger partial charge on any atom is 0.326 e. The zero-order valence-corrected chi connectivity index (χ0v) is 44.1. The fourth-order valence-corrected chi connectivity index (χ4v) is 8.15. The highest BCUT2D eigenvalue weighted by Gasteiger charge is 2.37. The molecule has 0 spiro atoms. The van der Waals surface area contributed by atoms with E-state index >= 15 is 0 Å². The molecule has 430 valence electrons. The number of H-pyrrole nitrogens is 1. The Morgan fingerprint density at radius 2 is 0.825 bits per heavy atom. The normalized spacial score (nSPS) is 14.4. The number of aromatic nitrogens is 1. The van der Waals surface area contributed by atoms with Crippen molar-refractivity contribution in [2.75, 3.05) is 6.61 Å². The van der Waals surface area contributed by atoms with Gasteiger partial charge >= 0.3 is 11.9 Å². The summed E-state index contributed by atoms with van der Waals surface area (Å²) < 4.78 is 0. The highest BCUT2D eigenvalue weighted by Crippen LogP contribution is 2.20. The average molecular weight is 1110 g/mol. The number of aliphatic carboxylic acids is 2. The smallest absolute Gasteiger partial charge is 0.326 e. The Bertz CT molecular complexity index is 2860. The molecule has 1 heterocycles. The first-order valence-corrected chi connectivity index (χ1v) is 25.3. The summed E-state index contributed by atoms with van der Waals surface area (Å²) in [6.07, 6.45) is -1.99. The van der Waals surface area contributed by atoms with Gasteiger partial charge in [-0.2, -0.15) is 0 Å². The van der Waals surface area contributed by atoms with Crippen LogP contribution in [0, 0.1) is 5.92 Å². The van der Waals surface area contributed by atoms with Gasteiger partial charge in [0.1, 0.15) is 48.3 Å². The van der Waals surface area contributed by atoms with Crippen molar-refractivity contribution >= 4 is 81.9 Å². The van der Waals surface area contributed by atoms with Gasteiger partial charge in [-0.1, -0.05) is 92.7 Å². The molecule has 4 aromatic rings. The number of carboxylic acids is 2. The Morgan fingerprint density at radius 3 is 1.24 bits per heavy atom. The van der Waals surface area contributed by atoms with Gasteiger partial charge in [-0.25, -0.2) is 4.79 Å². The van der Waals surface area contributed by atoms with E-state index in [1.54, 1.807) is 105 Å². The number of benzene rings is 3. The highest BCUT2D eigenvalue weighted by molar-refractivity contribution is 6.00. The van der Waals surface area contributed by atoms with Gasteiger partial charge in [-0.05, 0) is 42.0 Å². The molecule has 0 bridgehead atoms. The topological polar surface area (TPSA) is 456 Å². The number of aliphatic hydroxyl groups is 1. The van der Waals surface area contributed by atoms with Gasteiger partial charge in [-0.3, -0.25) is 52.7 Å². The number of amides is 10. The fourth-order valence-electron chi connectivity index (χ4n) is 8.15. The number of carbonyl (C=O) groups is 12. The van der Waals surface area contributed by atoms with Crippen molar-refractivity contribution in [3.05, 3.63) is 108 Å². The van der Waals surface area contributed by atoms with Gasteiger partial charge in [0.25, 0.3) is 0 Å².